The summed E-state index contributed by atoms with van der Waals surface area (Å²) in [5.41, 5.74) is 2.55. The van der Waals surface area contributed by atoms with Gasteiger partial charge in [-0.3, -0.25) is 4.79 Å². The minimum atomic E-state index is -0.232. The van der Waals surface area contributed by atoms with Gasteiger partial charge in [-0.15, -0.1) is 0 Å². The molecule has 0 aromatic heterocycles. The molecule has 0 saturated heterocycles. The largest absolute Gasteiger partial charge is 0.411 e. The molecule has 0 saturated carbocycles. The van der Waals surface area contributed by atoms with Gasteiger partial charge in [-0.25, -0.2) is 0 Å². The minimum absolute atomic E-state index is 0.0733. The first kappa shape index (κ1) is 14.4. The van der Waals surface area contributed by atoms with Crippen molar-refractivity contribution in [2.45, 2.75) is 25.8 Å². The third-order valence-corrected chi connectivity index (χ3v) is 3.72. The molecular formula is C15H21N3O2. The summed E-state index contributed by atoms with van der Waals surface area (Å²) < 4.78 is 0. The summed E-state index contributed by atoms with van der Waals surface area (Å²) in [5.74, 6) is 0.0733. The topological polar surface area (TPSA) is 56.1 Å². The van der Waals surface area contributed by atoms with Gasteiger partial charge in [-0.1, -0.05) is 23.4 Å². The Balaban J connectivity index is 2.42. The molecule has 0 bridgehead atoms. The Morgan fingerprint density at radius 3 is 2.75 bits per heavy atom. The van der Waals surface area contributed by atoms with Crippen molar-refractivity contribution in [3.05, 3.63) is 29.8 Å². The molecule has 1 unspecified atom stereocenters. The Morgan fingerprint density at radius 2 is 2.10 bits per heavy atom. The van der Waals surface area contributed by atoms with E-state index in [1.807, 2.05) is 31.2 Å². The first-order valence-corrected chi connectivity index (χ1v) is 6.84. The van der Waals surface area contributed by atoms with E-state index in [1.54, 1.807) is 19.0 Å². The van der Waals surface area contributed by atoms with Crippen LogP contribution in [0.2, 0.25) is 0 Å². The Bertz CT molecular complexity index is 526. The van der Waals surface area contributed by atoms with Gasteiger partial charge in [-0.2, -0.15) is 0 Å². The third kappa shape index (κ3) is 2.61. The number of amides is 1. The molecule has 1 amide bonds. The van der Waals surface area contributed by atoms with Crippen LogP contribution in [0, 0.1) is 0 Å². The van der Waals surface area contributed by atoms with Crippen molar-refractivity contribution in [2.24, 2.45) is 5.16 Å². The number of hydrogen-bond donors (Lipinski definition) is 1. The second-order valence-electron chi connectivity index (χ2n) is 5.27. The van der Waals surface area contributed by atoms with Crippen LogP contribution in [0.3, 0.4) is 0 Å². The van der Waals surface area contributed by atoms with E-state index in [2.05, 4.69) is 10.1 Å². The van der Waals surface area contributed by atoms with Crippen molar-refractivity contribution in [3.63, 3.8) is 0 Å². The Labute approximate surface area is 119 Å². The summed E-state index contributed by atoms with van der Waals surface area (Å²) in [7, 11) is 3.53. The maximum Gasteiger partial charge on any atom is 0.244 e. The first-order chi connectivity index (χ1) is 9.56. The number of hydrogen-bond acceptors (Lipinski definition) is 4. The van der Waals surface area contributed by atoms with Crippen molar-refractivity contribution in [2.75, 3.05) is 25.5 Å². The lowest BCUT2D eigenvalue weighted by molar-refractivity contribution is -0.129. The molecule has 108 valence electrons. The smallest absolute Gasteiger partial charge is 0.244 e. The fourth-order valence-corrected chi connectivity index (χ4v) is 2.65. The molecule has 0 fully saturated rings. The normalized spacial score (nSPS) is 18.4. The monoisotopic (exact) mass is 275 g/mol. The molecule has 1 aliphatic rings. The van der Waals surface area contributed by atoms with E-state index in [-0.39, 0.29) is 11.9 Å². The number of fused-ring (bicyclic) bond motifs is 1. The van der Waals surface area contributed by atoms with Crippen molar-refractivity contribution >= 4 is 17.3 Å². The molecule has 1 heterocycles. The molecule has 0 aliphatic carbocycles. The molecule has 1 N–H and O–H groups in total. The van der Waals surface area contributed by atoms with Crippen LogP contribution in [0.25, 0.3) is 0 Å². The highest BCUT2D eigenvalue weighted by Gasteiger charge is 2.27. The number of para-hydroxylation sites is 1. The molecular weight excluding hydrogens is 254 g/mol. The van der Waals surface area contributed by atoms with E-state index in [1.165, 1.54) is 0 Å². The van der Waals surface area contributed by atoms with Crippen molar-refractivity contribution in [3.8, 4) is 0 Å². The highest BCUT2D eigenvalue weighted by atomic mass is 16.4. The molecule has 1 aromatic carbocycles. The number of carbonyl (C=O) groups excluding carboxylic acids is 1. The predicted molar refractivity (Wildman–Crippen MR) is 79.5 cm³/mol. The van der Waals surface area contributed by atoms with E-state index < -0.39 is 0 Å². The van der Waals surface area contributed by atoms with E-state index in [4.69, 9.17) is 0 Å². The SMILES string of the molecule is CC(C(=O)N(C)C)N1CCC/C(=N/O)c2ccccc21. The Morgan fingerprint density at radius 1 is 1.40 bits per heavy atom. The number of rotatable bonds is 2. The number of oxime groups is 1. The van der Waals surface area contributed by atoms with Crippen LogP contribution in [-0.4, -0.2) is 48.4 Å². The Kier molecular flexibility index (Phi) is 4.27. The number of anilines is 1. The summed E-state index contributed by atoms with van der Waals surface area (Å²) in [4.78, 5) is 15.9. The lowest BCUT2D eigenvalue weighted by Gasteiger charge is -2.32. The van der Waals surface area contributed by atoms with Crippen LogP contribution in [0.4, 0.5) is 5.69 Å². The summed E-state index contributed by atoms with van der Waals surface area (Å²) >= 11 is 0. The number of nitrogens with zero attached hydrogens (tertiary/aromatic N) is 3. The molecule has 0 radical (unpaired) electrons. The van der Waals surface area contributed by atoms with Gasteiger partial charge in [-0.05, 0) is 25.8 Å². The fraction of sp³-hybridized carbons (Fsp3) is 0.467. The average Bonchev–Trinajstić information content (AvgIpc) is 2.64. The molecule has 5 nitrogen and oxygen atoms in total. The predicted octanol–water partition coefficient (Wildman–Crippen LogP) is 1.94. The summed E-state index contributed by atoms with van der Waals surface area (Å²) in [6, 6.07) is 7.55. The highest BCUT2D eigenvalue weighted by molar-refractivity contribution is 6.06. The van der Waals surface area contributed by atoms with Gasteiger partial charge in [0.05, 0.1) is 5.71 Å². The number of likely N-dealkylation sites (N-methyl/N-ethyl adjacent to an activating group) is 1. The quantitative estimate of drug-likeness (QED) is 0.663. The van der Waals surface area contributed by atoms with Crippen LogP contribution < -0.4 is 4.90 Å². The van der Waals surface area contributed by atoms with Gasteiger partial charge in [0, 0.05) is 31.9 Å². The number of carbonyl (C=O) groups is 1. The fourth-order valence-electron chi connectivity index (χ4n) is 2.65. The van der Waals surface area contributed by atoms with Crippen LogP contribution in [0.15, 0.2) is 29.4 Å². The zero-order valence-electron chi connectivity index (χ0n) is 12.2. The van der Waals surface area contributed by atoms with E-state index in [0.29, 0.717) is 12.1 Å². The van der Waals surface area contributed by atoms with Crippen molar-refractivity contribution in [1.82, 2.24) is 4.90 Å². The van der Waals surface area contributed by atoms with Crippen LogP contribution >= 0.6 is 0 Å². The second kappa shape index (κ2) is 5.94. The summed E-state index contributed by atoms with van der Waals surface area (Å²) in [6.07, 6.45) is 1.58. The molecule has 5 heteroatoms. The zero-order valence-corrected chi connectivity index (χ0v) is 12.2. The summed E-state index contributed by atoms with van der Waals surface area (Å²) in [5, 5.41) is 12.6. The Hall–Kier alpha value is -2.04. The van der Waals surface area contributed by atoms with E-state index in [9.17, 15) is 10.0 Å². The van der Waals surface area contributed by atoms with E-state index >= 15 is 0 Å². The van der Waals surface area contributed by atoms with Crippen LogP contribution in [0.5, 0.6) is 0 Å². The zero-order chi connectivity index (χ0) is 14.7. The third-order valence-electron chi connectivity index (χ3n) is 3.72. The maximum atomic E-state index is 12.2. The lowest BCUT2D eigenvalue weighted by atomic mass is 10.1. The second-order valence-corrected chi connectivity index (χ2v) is 5.27. The summed E-state index contributed by atoms with van der Waals surface area (Å²) in [6.45, 7) is 2.69. The van der Waals surface area contributed by atoms with Crippen LogP contribution in [0.1, 0.15) is 25.3 Å². The average molecular weight is 275 g/mol. The lowest BCUT2D eigenvalue weighted by Crippen LogP contribution is -2.45. The van der Waals surface area contributed by atoms with Gasteiger partial charge in [0.1, 0.15) is 6.04 Å². The van der Waals surface area contributed by atoms with Crippen molar-refractivity contribution in [1.29, 1.82) is 0 Å². The molecule has 1 aromatic rings. The van der Waals surface area contributed by atoms with Gasteiger partial charge in [0.15, 0.2) is 0 Å². The van der Waals surface area contributed by atoms with Gasteiger partial charge >= 0.3 is 0 Å². The molecule has 2 rings (SSSR count). The van der Waals surface area contributed by atoms with Gasteiger partial charge < -0.3 is 15.0 Å². The maximum absolute atomic E-state index is 12.2. The van der Waals surface area contributed by atoms with Crippen molar-refractivity contribution < 1.29 is 10.0 Å². The van der Waals surface area contributed by atoms with Gasteiger partial charge in [0.25, 0.3) is 0 Å². The van der Waals surface area contributed by atoms with E-state index in [0.717, 1.165) is 24.2 Å². The van der Waals surface area contributed by atoms with Crippen LogP contribution in [-0.2, 0) is 4.79 Å². The molecule has 0 spiro atoms. The molecule has 1 atom stereocenters. The molecule has 20 heavy (non-hydrogen) atoms. The standard InChI is InChI=1S/C15H21N3O2/c1-11(15(19)17(2)3)18-10-6-8-13(16-20)12-7-4-5-9-14(12)18/h4-5,7,9,11,20H,6,8,10H2,1-3H3/b16-13-. The first-order valence-electron chi connectivity index (χ1n) is 6.84. The minimum Gasteiger partial charge on any atom is -0.411 e. The molecule has 1 aliphatic heterocycles. The highest BCUT2D eigenvalue weighted by Crippen LogP contribution is 2.28. The number of benzene rings is 1. The van der Waals surface area contributed by atoms with Gasteiger partial charge in [0.2, 0.25) is 5.91 Å².